The van der Waals surface area contributed by atoms with Gasteiger partial charge in [0, 0.05) is 31.2 Å². The molecular weight excluding hydrogens is 350 g/mol. The number of rotatable bonds is 6. The van der Waals surface area contributed by atoms with E-state index in [0.717, 1.165) is 28.4 Å². The Balaban J connectivity index is 1.85. The van der Waals surface area contributed by atoms with Crippen molar-refractivity contribution in [1.82, 2.24) is 0 Å². The molecule has 0 aliphatic heterocycles. The van der Waals surface area contributed by atoms with E-state index in [2.05, 4.69) is 17.4 Å². The molecule has 3 rings (SSSR count). The molecule has 0 aliphatic rings. The van der Waals surface area contributed by atoms with Crippen molar-refractivity contribution in [1.29, 1.82) is 0 Å². The number of amides is 2. The Morgan fingerprint density at radius 3 is 2.04 bits per heavy atom. The highest BCUT2D eigenvalue weighted by Gasteiger charge is 2.17. The first-order valence-electron chi connectivity index (χ1n) is 9.10. The van der Waals surface area contributed by atoms with Gasteiger partial charge in [-0.1, -0.05) is 30.3 Å². The summed E-state index contributed by atoms with van der Waals surface area (Å²) < 4.78 is 5.24. The number of carbonyl (C=O) groups is 1. The smallest absolute Gasteiger partial charge is 0.326 e. The van der Waals surface area contributed by atoms with Gasteiger partial charge in [-0.25, -0.2) is 4.79 Å². The molecule has 3 aromatic rings. The number of ether oxygens (including phenoxy) is 1. The van der Waals surface area contributed by atoms with Crippen LogP contribution in [-0.4, -0.2) is 27.2 Å². The first kappa shape index (κ1) is 19.3. The second-order valence-corrected chi connectivity index (χ2v) is 6.64. The van der Waals surface area contributed by atoms with E-state index < -0.39 is 0 Å². The fourth-order valence-corrected chi connectivity index (χ4v) is 2.84. The van der Waals surface area contributed by atoms with Crippen LogP contribution in [0.15, 0.2) is 78.9 Å². The predicted octanol–water partition coefficient (Wildman–Crippen LogP) is 5.00. The van der Waals surface area contributed by atoms with Gasteiger partial charge in [0.15, 0.2) is 0 Å². The number of methoxy groups -OCH3 is 1. The first-order chi connectivity index (χ1) is 13.6. The molecule has 0 bridgehead atoms. The van der Waals surface area contributed by atoms with Crippen LogP contribution in [0.3, 0.4) is 0 Å². The molecule has 5 nitrogen and oxygen atoms in total. The van der Waals surface area contributed by atoms with Crippen LogP contribution in [0.4, 0.5) is 21.9 Å². The number of para-hydroxylation sites is 1. The zero-order valence-electron chi connectivity index (χ0n) is 16.4. The third-order valence-electron chi connectivity index (χ3n) is 4.45. The zero-order valence-corrected chi connectivity index (χ0v) is 16.4. The van der Waals surface area contributed by atoms with Gasteiger partial charge in [0.1, 0.15) is 5.75 Å². The second kappa shape index (κ2) is 8.95. The van der Waals surface area contributed by atoms with Crippen molar-refractivity contribution < 1.29 is 9.53 Å². The Hall–Kier alpha value is -3.47. The van der Waals surface area contributed by atoms with Gasteiger partial charge in [-0.3, -0.25) is 4.90 Å². The third-order valence-corrected chi connectivity index (χ3v) is 4.45. The SMILES string of the molecule is COc1ccc(N(Cc2ccc(N(C)C)cc2)C(=O)Nc2ccccc2)cc1. The van der Waals surface area contributed by atoms with Gasteiger partial charge in [-0.15, -0.1) is 0 Å². The quantitative estimate of drug-likeness (QED) is 0.659. The lowest BCUT2D eigenvalue weighted by atomic mass is 10.1. The van der Waals surface area contributed by atoms with Gasteiger partial charge in [0.2, 0.25) is 0 Å². The Bertz CT molecular complexity index is 891. The van der Waals surface area contributed by atoms with Crippen molar-refractivity contribution in [2.75, 3.05) is 36.3 Å². The topological polar surface area (TPSA) is 44.8 Å². The van der Waals surface area contributed by atoms with E-state index >= 15 is 0 Å². The molecule has 0 saturated carbocycles. The summed E-state index contributed by atoms with van der Waals surface area (Å²) in [5, 5.41) is 2.97. The molecule has 144 valence electrons. The predicted molar refractivity (Wildman–Crippen MR) is 115 cm³/mol. The largest absolute Gasteiger partial charge is 0.497 e. The van der Waals surface area contributed by atoms with E-state index in [-0.39, 0.29) is 6.03 Å². The molecule has 2 amide bonds. The van der Waals surface area contributed by atoms with Crippen LogP contribution in [0.2, 0.25) is 0 Å². The maximum Gasteiger partial charge on any atom is 0.326 e. The lowest BCUT2D eigenvalue weighted by Crippen LogP contribution is -2.34. The molecule has 0 fully saturated rings. The average Bonchev–Trinajstić information content (AvgIpc) is 2.73. The first-order valence-corrected chi connectivity index (χ1v) is 9.10. The molecule has 3 aromatic carbocycles. The maximum absolute atomic E-state index is 13.0. The van der Waals surface area contributed by atoms with Crippen molar-refractivity contribution in [3.63, 3.8) is 0 Å². The van der Waals surface area contributed by atoms with Crippen LogP contribution in [0.1, 0.15) is 5.56 Å². The fraction of sp³-hybridized carbons (Fsp3) is 0.174. The Kier molecular flexibility index (Phi) is 6.17. The van der Waals surface area contributed by atoms with E-state index in [9.17, 15) is 4.79 Å². The number of hydrogen-bond donors (Lipinski definition) is 1. The van der Waals surface area contributed by atoms with Crippen molar-refractivity contribution in [3.8, 4) is 5.75 Å². The number of urea groups is 1. The highest BCUT2D eigenvalue weighted by atomic mass is 16.5. The lowest BCUT2D eigenvalue weighted by Gasteiger charge is -2.24. The van der Waals surface area contributed by atoms with Crippen LogP contribution in [0, 0.1) is 0 Å². The van der Waals surface area contributed by atoms with Crippen LogP contribution >= 0.6 is 0 Å². The molecule has 0 atom stereocenters. The van der Waals surface area contributed by atoms with Gasteiger partial charge < -0.3 is 15.0 Å². The fourth-order valence-electron chi connectivity index (χ4n) is 2.84. The van der Waals surface area contributed by atoms with Gasteiger partial charge in [-0.05, 0) is 54.1 Å². The van der Waals surface area contributed by atoms with Gasteiger partial charge in [0.25, 0.3) is 0 Å². The lowest BCUT2D eigenvalue weighted by molar-refractivity contribution is 0.256. The standard InChI is InChI=1S/C23H25N3O2/c1-25(2)20-11-9-18(10-12-20)17-26(21-13-15-22(28-3)16-14-21)23(27)24-19-7-5-4-6-8-19/h4-16H,17H2,1-3H3,(H,24,27). The summed E-state index contributed by atoms with van der Waals surface area (Å²) in [6, 6.07) is 24.9. The number of nitrogens with one attached hydrogen (secondary N) is 1. The normalized spacial score (nSPS) is 10.2. The van der Waals surface area contributed by atoms with Gasteiger partial charge in [0.05, 0.1) is 13.7 Å². The van der Waals surface area contributed by atoms with E-state index in [0.29, 0.717) is 6.54 Å². The van der Waals surface area contributed by atoms with Crippen LogP contribution in [0.5, 0.6) is 5.75 Å². The Morgan fingerprint density at radius 2 is 1.46 bits per heavy atom. The average molecular weight is 375 g/mol. The minimum absolute atomic E-state index is 0.187. The molecule has 28 heavy (non-hydrogen) atoms. The summed E-state index contributed by atoms with van der Waals surface area (Å²) in [6.07, 6.45) is 0. The molecule has 0 unspecified atom stereocenters. The molecule has 0 spiro atoms. The molecule has 1 N–H and O–H groups in total. The van der Waals surface area contributed by atoms with Crippen LogP contribution in [0.25, 0.3) is 0 Å². The summed E-state index contributed by atoms with van der Waals surface area (Å²) in [5.74, 6) is 0.752. The highest BCUT2D eigenvalue weighted by molar-refractivity contribution is 6.01. The summed E-state index contributed by atoms with van der Waals surface area (Å²) >= 11 is 0. The third kappa shape index (κ3) is 4.82. The molecular formula is C23H25N3O2. The minimum Gasteiger partial charge on any atom is -0.497 e. The van der Waals surface area contributed by atoms with Crippen molar-refractivity contribution in [2.45, 2.75) is 6.54 Å². The van der Waals surface area contributed by atoms with Crippen LogP contribution in [-0.2, 0) is 6.54 Å². The molecule has 0 aromatic heterocycles. The van der Waals surface area contributed by atoms with E-state index in [1.165, 1.54) is 0 Å². The van der Waals surface area contributed by atoms with Gasteiger partial charge >= 0.3 is 6.03 Å². The van der Waals surface area contributed by atoms with Crippen molar-refractivity contribution in [3.05, 3.63) is 84.4 Å². The number of hydrogen-bond acceptors (Lipinski definition) is 3. The summed E-state index contributed by atoms with van der Waals surface area (Å²) in [4.78, 5) is 16.8. The van der Waals surface area contributed by atoms with E-state index in [1.807, 2.05) is 85.7 Å². The summed E-state index contributed by atoms with van der Waals surface area (Å²) in [7, 11) is 5.64. The maximum atomic E-state index is 13.0. The van der Waals surface area contributed by atoms with E-state index in [4.69, 9.17) is 4.74 Å². The number of nitrogens with zero attached hydrogens (tertiary/aromatic N) is 2. The summed E-state index contributed by atoms with van der Waals surface area (Å²) in [6.45, 7) is 0.457. The monoisotopic (exact) mass is 375 g/mol. The van der Waals surface area contributed by atoms with Crippen molar-refractivity contribution in [2.24, 2.45) is 0 Å². The molecule has 0 radical (unpaired) electrons. The number of carbonyl (C=O) groups excluding carboxylic acids is 1. The second-order valence-electron chi connectivity index (χ2n) is 6.64. The highest BCUT2D eigenvalue weighted by Crippen LogP contribution is 2.23. The molecule has 5 heteroatoms. The molecule has 0 heterocycles. The number of benzene rings is 3. The van der Waals surface area contributed by atoms with Gasteiger partial charge in [-0.2, -0.15) is 0 Å². The Morgan fingerprint density at radius 1 is 0.857 bits per heavy atom. The zero-order chi connectivity index (χ0) is 19.9. The molecule has 0 saturated heterocycles. The minimum atomic E-state index is -0.187. The summed E-state index contributed by atoms with van der Waals surface area (Å²) in [5.41, 5.74) is 3.72. The van der Waals surface area contributed by atoms with Crippen LogP contribution < -0.4 is 19.9 Å². The Labute approximate surface area is 166 Å². The van der Waals surface area contributed by atoms with E-state index in [1.54, 1.807) is 12.0 Å². The van der Waals surface area contributed by atoms with Crippen molar-refractivity contribution >= 4 is 23.1 Å². The molecule has 0 aliphatic carbocycles. The number of anilines is 3.